The van der Waals surface area contributed by atoms with Gasteiger partial charge in [0.05, 0.1) is 5.69 Å². The summed E-state index contributed by atoms with van der Waals surface area (Å²) in [6.45, 7) is 1.67. The number of benzene rings is 3. The highest BCUT2D eigenvalue weighted by Crippen LogP contribution is 2.32. The van der Waals surface area contributed by atoms with E-state index >= 15 is 0 Å². The molecule has 3 aromatic rings. The van der Waals surface area contributed by atoms with E-state index in [0.717, 1.165) is 10.8 Å². The summed E-state index contributed by atoms with van der Waals surface area (Å²) in [5, 5.41) is 7.56. The maximum absolute atomic E-state index is 12.5. The molecule has 0 aliphatic carbocycles. The normalized spacial score (nSPS) is 15.2. The third kappa shape index (κ3) is 4.11. The van der Waals surface area contributed by atoms with Crippen molar-refractivity contribution >= 4 is 39.7 Å². The molecule has 0 bridgehead atoms. The van der Waals surface area contributed by atoms with Crippen LogP contribution in [0.1, 0.15) is 30.1 Å². The minimum absolute atomic E-state index is 0.0721. The molecule has 0 spiro atoms. The van der Waals surface area contributed by atoms with Gasteiger partial charge in [-0.2, -0.15) is 0 Å². The van der Waals surface area contributed by atoms with E-state index in [-0.39, 0.29) is 30.4 Å². The number of amides is 2. The van der Waals surface area contributed by atoms with Crippen molar-refractivity contribution in [3.05, 3.63) is 66.2 Å². The third-order valence-electron chi connectivity index (χ3n) is 4.84. The minimum atomic E-state index is -0.552. The summed E-state index contributed by atoms with van der Waals surface area (Å²) in [5.41, 5.74) is 1.64. The van der Waals surface area contributed by atoms with Crippen LogP contribution in [0, 0.1) is 0 Å². The Balaban J connectivity index is 1.36. The zero-order chi connectivity index (χ0) is 20.4. The second-order valence-corrected chi connectivity index (χ2v) is 6.99. The third-order valence-corrected chi connectivity index (χ3v) is 4.84. The van der Waals surface area contributed by atoms with Crippen LogP contribution < -0.4 is 15.4 Å². The average molecular weight is 388 g/mol. The van der Waals surface area contributed by atoms with Crippen molar-refractivity contribution in [2.75, 3.05) is 10.6 Å². The van der Waals surface area contributed by atoms with Crippen LogP contribution in [0.3, 0.4) is 0 Å². The van der Waals surface area contributed by atoms with E-state index in [0.29, 0.717) is 22.7 Å². The summed E-state index contributed by atoms with van der Waals surface area (Å²) in [7, 11) is 0. The van der Waals surface area contributed by atoms with Crippen molar-refractivity contribution in [3.8, 4) is 5.75 Å². The first kappa shape index (κ1) is 18.7. The smallest absolute Gasteiger partial charge is 0.265 e. The number of ether oxygens (including phenoxy) is 1. The van der Waals surface area contributed by atoms with Gasteiger partial charge in [-0.15, -0.1) is 0 Å². The number of carbonyl (C=O) groups excluding carboxylic acids is 3. The molecule has 146 valence electrons. The van der Waals surface area contributed by atoms with Gasteiger partial charge in [-0.05, 0) is 42.0 Å². The van der Waals surface area contributed by atoms with Gasteiger partial charge in [0.1, 0.15) is 5.75 Å². The molecule has 2 N–H and O–H groups in total. The largest absolute Gasteiger partial charge is 0.479 e. The van der Waals surface area contributed by atoms with Gasteiger partial charge in [-0.1, -0.05) is 36.4 Å². The van der Waals surface area contributed by atoms with E-state index in [1.165, 1.54) is 0 Å². The predicted molar refractivity (Wildman–Crippen MR) is 111 cm³/mol. The molecule has 29 heavy (non-hydrogen) atoms. The lowest BCUT2D eigenvalue weighted by molar-refractivity contribution is -0.122. The molecule has 0 unspecified atom stereocenters. The molecule has 0 saturated heterocycles. The summed E-state index contributed by atoms with van der Waals surface area (Å²) in [6.07, 6.45) is -0.362. The molecule has 2 amide bonds. The minimum Gasteiger partial charge on any atom is -0.479 e. The molecule has 6 nitrogen and oxygen atoms in total. The highest BCUT2D eigenvalue weighted by Gasteiger charge is 2.23. The number of Topliss-reactive ketones (excluding diaryl/α,β-unsaturated/α-hetero) is 1. The summed E-state index contributed by atoms with van der Waals surface area (Å²) >= 11 is 0. The van der Waals surface area contributed by atoms with Gasteiger partial charge in [0.2, 0.25) is 5.91 Å². The van der Waals surface area contributed by atoms with Crippen molar-refractivity contribution in [2.45, 2.75) is 25.9 Å². The quantitative estimate of drug-likeness (QED) is 0.643. The molecule has 1 aliphatic heterocycles. The molecule has 0 fully saturated rings. The first-order valence-corrected chi connectivity index (χ1v) is 9.43. The van der Waals surface area contributed by atoms with E-state index in [9.17, 15) is 14.4 Å². The van der Waals surface area contributed by atoms with Gasteiger partial charge >= 0.3 is 0 Å². The topological polar surface area (TPSA) is 84.5 Å². The first-order chi connectivity index (χ1) is 14.0. The number of rotatable bonds is 5. The molecule has 4 rings (SSSR count). The van der Waals surface area contributed by atoms with Crippen LogP contribution in [0.4, 0.5) is 11.4 Å². The Labute approximate surface area is 167 Å². The lowest BCUT2D eigenvalue weighted by Crippen LogP contribution is -2.34. The Kier molecular flexibility index (Phi) is 4.99. The molecule has 1 heterocycles. The summed E-state index contributed by atoms with van der Waals surface area (Å²) < 4.78 is 5.49. The zero-order valence-corrected chi connectivity index (χ0v) is 15.9. The SMILES string of the molecule is C[C@H]1Oc2ccc(NC(=O)CCC(=O)c3ccc4ccccc4c3)cc2NC1=O. The van der Waals surface area contributed by atoms with Crippen LogP contribution in [-0.4, -0.2) is 23.7 Å². The molecule has 0 radical (unpaired) electrons. The Morgan fingerprint density at radius 3 is 2.62 bits per heavy atom. The van der Waals surface area contributed by atoms with E-state index in [1.54, 1.807) is 31.2 Å². The second-order valence-electron chi connectivity index (χ2n) is 6.99. The maximum Gasteiger partial charge on any atom is 0.265 e. The van der Waals surface area contributed by atoms with Crippen molar-refractivity contribution < 1.29 is 19.1 Å². The maximum atomic E-state index is 12.5. The van der Waals surface area contributed by atoms with Gasteiger partial charge in [0.25, 0.3) is 5.91 Å². The van der Waals surface area contributed by atoms with Gasteiger partial charge in [0, 0.05) is 24.1 Å². The summed E-state index contributed by atoms with van der Waals surface area (Å²) in [6, 6.07) is 18.4. The fourth-order valence-electron chi connectivity index (χ4n) is 3.24. The van der Waals surface area contributed by atoms with Gasteiger partial charge in [-0.25, -0.2) is 0 Å². The van der Waals surface area contributed by atoms with Crippen molar-refractivity contribution in [1.29, 1.82) is 0 Å². The molecule has 0 saturated carbocycles. The van der Waals surface area contributed by atoms with Crippen LogP contribution >= 0.6 is 0 Å². The predicted octanol–water partition coefficient (Wildman–Crippen LogP) is 4.16. The summed E-state index contributed by atoms with van der Waals surface area (Å²) in [5.74, 6) is -0.0231. The van der Waals surface area contributed by atoms with E-state index in [1.807, 2.05) is 36.4 Å². The standard InChI is InChI=1S/C23H20N2O4/c1-14-23(28)25-19-13-18(8-10-21(19)29-14)24-22(27)11-9-20(26)17-7-6-15-4-2-3-5-16(15)12-17/h2-8,10,12-14H,9,11H2,1H3,(H,24,27)(H,25,28)/t14-/m1/s1. The number of anilines is 2. The first-order valence-electron chi connectivity index (χ1n) is 9.43. The van der Waals surface area contributed by atoms with Crippen LogP contribution in [-0.2, 0) is 9.59 Å². The molecule has 1 aliphatic rings. The fraction of sp³-hybridized carbons (Fsp3) is 0.174. The lowest BCUT2D eigenvalue weighted by atomic mass is 10.0. The molecule has 3 aromatic carbocycles. The van der Waals surface area contributed by atoms with Crippen LogP contribution in [0.2, 0.25) is 0 Å². The molecule has 6 heteroatoms. The Hall–Kier alpha value is -3.67. The second kappa shape index (κ2) is 7.75. The molecule has 0 aromatic heterocycles. The summed E-state index contributed by atoms with van der Waals surface area (Å²) in [4.78, 5) is 36.4. The average Bonchev–Trinajstić information content (AvgIpc) is 2.72. The van der Waals surface area contributed by atoms with E-state index < -0.39 is 6.10 Å². The van der Waals surface area contributed by atoms with E-state index in [4.69, 9.17) is 4.74 Å². The van der Waals surface area contributed by atoms with Crippen molar-refractivity contribution in [1.82, 2.24) is 0 Å². The number of ketones is 1. The zero-order valence-electron chi connectivity index (χ0n) is 15.9. The van der Waals surface area contributed by atoms with Gasteiger partial charge in [-0.3, -0.25) is 14.4 Å². The van der Waals surface area contributed by atoms with Crippen LogP contribution in [0.5, 0.6) is 5.75 Å². The lowest BCUT2D eigenvalue weighted by Gasteiger charge is -2.23. The number of hydrogen-bond donors (Lipinski definition) is 2. The number of hydrogen-bond acceptors (Lipinski definition) is 4. The highest BCUT2D eigenvalue weighted by atomic mass is 16.5. The Bertz CT molecular complexity index is 1120. The van der Waals surface area contributed by atoms with Crippen LogP contribution in [0.25, 0.3) is 10.8 Å². The molecular weight excluding hydrogens is 368 g/mol. The Morgan fingerprint density at radius 1 is 1.00 bits per heavy atom. The highest BCUT2D eigenvalue weighted by molar-refractivity contribution is 6.03. The molecular formula is C23H20N2O4. The number of fused-ring (bicyclic) bond motifs is 2. The Morgan fingerprint density at radius 2 is 1.79 bits per heavy atom. The monoisotopic (exact) mass is 388 g/mol. The van der Waals surface area contributed by atoms with Gasteiger partial charge < -0.3 is 15.4 Å². The van der Waals surface area contributed by atoms with Crippen molar-refractivity contribution in [3.63, 3.8) is 0 Å². The van der Waals surface area contributed by atoms with Crippen molar-refractivity contribution in [2.24, 2.45) is 0 Å². The number of carbonyl (C=O) groups is 3. The van der Waals surface area contributed by atoms with Gasteiger partial charge in [0.15, 0.2) is 11.9 Å². The van der Waals surface area contributed by atoms with Crippen LogP contribution in [0.15, 0.2) is 60.7 Å². The van der Waals surface area contributed by atoms with E-state index in [2.05, 4.69) is 10.6 Å². The fourth-order valence-corrected chi connectivity index (χ4v) is 3.24. The molecule has 1 atom stereocenters. The number of nitrogens with one attached hydrogen (secondary N) is 2.